The number of likely N-dealkylation sites (N-methyl/N-ethyl adjacent to an activating group) is 2. The van der Waals surface area contributed by atoms with E-state index in [-0.39, 0.29) is 43.8 Å². The lowest BCUT2D eigenvalue weighted by atomic mass is 9.91. The normalized spacial score (nSPS) is 20.6. The summed E-state index contributed by atoms with van der Waals surface area (Å²) >= 11 is 1.29. The third kappa shape index (κ3) is 11.8. The largest absolute Gasteiger partial charge is 0.387 e. The third-order valence-electron chi connectivity index (χ3n) is 8.62. The van der Waals surface area contributed by atoms with Crippen molar-refractivity contribution in [1.82, 2.24) is 20.4 Å². The minimum Gasteiger partial charge on any atom is -0.387 e. The number of nitrogens with one attached hydrogen (secondary N) is 2. The molecule has 1 aliphatic heterocycles. The summed E-state index contributed by atoms with van der Waals surface area (Å²) in [5.74, 6) is 1.68. The van der Waals surface area contributed by atoms with E-state index < -0.39 is 35.4 Å². The molecule has 0 saturated carbocycles. The highest BCUT2D eigenvalue weighted by Crippen LogP contribution is 2.36. The molecule has 274 valence electrons. The summed E-state index contributed by atoms with van der Waals surface area (Å²) in [6.45, 7) is 6.95. The van der Waals surface area contributed by atoms with Crippen molar-refractivity contribution in [2.24, 2.45) is 0 Å². The van der Waals surface area contributed by atoms with Gasteiger partial charge < -0.3 is 40.3 Å². The van der Waals surface area contributed by atoms with Crippen molar-refractivity contribution in [2.75, 3.05) is 53.1 Å². The van der Waals surface area contributed by atoms with E-state index in [4.69, 9.17) is 15.9 Å². The summed E-state index contributed by atoms with van der Waals surface area (Å²) in [5.41, 5.74) is 3.11. The number of rotatable bonds is 17. The van der Waals surface area contributed by atoms with Crippen LogP contribution in [0.1, 0.15) is 54.2 Å². The van der Waals surface area contributed by atoms with Crippen LogP contribution in [0.15, 0.2) is 42.5 Å². The number of thioether (sulfide) groups is 1. The van der Waals surface area contributed by atoms with Gasteiger partial charge >= 0.3 is 0 Å². The van der Waals surface area contributed by atoms with Gasteiger partial charge in [-0.05, 0) is 68.3 Å². The summed E-state index contributed by atoms with van der Waals surface area (Å²) in [5, 5.41) is 36.8. The van der Waals surface area contributed by atoms with E-state index in [1.165, 1.54) is 16.7 Å². The molecule has 2 aromatic rings. The average Bonchev–Trinajstić information content (AvgIpc) is 3.07. The Morgan fingerprint density at radius 1 is 1.04 bits per heavy atom. The minimum absolute atomic E-state index is 0.0908. The Kier molecular flexibility index (Phi) is 15.7. The molecule has 2 aromatic carbocycles. The Morgan fingerprint density at radius 2 is 1.72 bits per heavy atom. The van der Waals surface area contributed by atoms with Gasteiger partial charge in [0.2, 0.25) is 17.7 Å². The lowest BCUT2D eigenvalue weighted by molar-refractivity contribution is -0.200. The lowest BCUT2D eigenvalue weighted by Crippen LogP contribution is -2.55. The van der Waals surface area contributed by atoms with Crippen LogP contribution >= 0.6 is 11.8 Å². The zero-order valence-corrected chi connectivity index (χ0v) is 30.7. The van der Waals surface area contributed by atoms with Gasteiger partial charge in [0, 0.05) is 20.1 Å². The minimum atomic E-state index is -1.31. The number of terminal acetylenes is 1. The fourth-order valence-corrected chi connectivity index (χ4v) is 6.08. The van der Waals surface area contributed by atoms with E-state index in [1.54, 1.807) is 39.1 Å². The molecule has 1 fully saturated rings. The number of aliphatic hydroxyl groups is 3. The number of benzene rings is 2. The van der Waals surface area contributed by atoms with Crippen molar-refractivity contribution in [3.05, 3.63) is 70.3 Å². The quantitative estimate of drug-likeness (QED) is 0.120. The number of hydrogen-bond acceptors (Lipinski definition) is 10. The van der Waals surface area contributed by atoms with E-state index >= 15 is 0 Å². The molecule has 0 radical (unpaired) electrons. The number of hydrogen-bond donors (Lipinski definition) is 5. The number of aryl methyl sites for hydroxylation is 1. The number of amides is 3. The fourth-order valence-electron chi connectivity index (χ4n) is 5.41. The number of ether oxygens (including phenoxy) is 2. The second-order valence-corrected chi connectivity index (χ2v) is 14.2. The van der Waals surface area contributed by atoms with Crippen LogP contribution in [-0.4, -0.2) is 125 Å². The number of nitrogens with zero attached hydrogens (tertiary/aromatic N) is 2. The lowest BCUT2D eigenvalue weighted by Gasteiger charge is -2.40. The van der Waals surface area contributed by atoms with E-state index in [1.807, 2.05) is 49.4 Å². The Balaban J connectivity index is 1.41. The van der Waals surface area contributed by atoms with Gasteiger partial charge in [-0.25, -0.2) is 0 Å². The van der Waals surface area contributed by atoms with Crippen LogP contribution in [0, 0.1) is 19.3 Å². The summed E-state index contributed by atoms with van der Waals surface area (Å²) < 4.78 is 11.7. The second kappa shape index (κ2) is 19.2. The number of carbonyl (C=O) groups is 3. The molecule has 0 aliphatic carbocycles. The molecule has 1 aliphatic rings. The molecule has 1 heterocycles. The molecule has 5 atom stereocenters. The Morgan fingerprint density at radius 3 is 2.38 bits per heavy atom. The molecular weight excluding hydrogens is 660 g/mol. The molecule has 0 bridgehead atoms. The smallest absolute Gasteiger partial charge is 0.245 e. The predicted molar refractivity (Wildman–Crippen MR) is 193 cm³/mol. The van der Waals surface area contributed by atoms with Crippen LogP contribution in [0.4, 0.5) is 0 Å². The van der Waals surface area contributed by atoms with Crippen molar-refractivity contribution < 1.29 is 39.2 Å². The van der Waals surface area contributed by atoms with Gasteiger partial charge in [-0.1, -0.05) is 48.4 Å². The molecular formula is C37H52N4O8S. The Labute approximate surface area is 299 Å². The van der Waals surface area contributed by atoms with Crippen LogP contribution < -0.4 is 10.6 Å². The fraction of sp³-hybridized carbons (Fsp3) is 0.541. The van der Waals surface area contributed by atoms with Gasteiger partial charge in [0.15, 0.2) is 0 Å². The first-order chi connectivity index (χ1) is 23.7. The maximum Gasteiger partial charge on any atom is 0.245 e. The van der Waals surface area contributed by atoms with Crippen molar-refractivity contribution >= 4 is 29.5 Å². The monoisotopic (exact) mass is 712 g/mol. The van der Waals surface area contributed by atoms with Crippen LogP contribution in [0.3, 0.4) is 0 Å². The zero-order valence-electron chi connectivity index (χ0n) is 29.8. The topological polar surface area (TPSA) is 161 Å². The van der Waals surface area contributed by atoms with Crippen LogP contribution in [0.5, 0.6) is 0 Å². The van der Waals surface area contributed by atoms with Gasteiger partial charge in [-0.3, -0.25) is 19.3 Å². The molecule has 0 unspecified atom stereocenters. The molecule has 5 N–H and O–H groups in total. The molecule has 1 saturated heterocycles. The zero-order chi connectivity index (χ0) is 37.0. The third-order valence-corrected chi connectivity index (χ3v) is 9.48. The van der Waals surface area contributed by atoms with Crippen molar-refractivity contribution in [3.63, 3.8) is 0 Å². The molecule has 0 aromatic heterocycles. The van der Waals surface area contributed by atoms with Gasteiger partial charge in [-0.15, -0.1) is 18.2 Å². The highest BCUT2D eigenvalue weighted by atomic mass is 32.2. The van der Waals surface area contributed by atoms with E-state index in [0.717, 1.165) is 27.8 Å². The van der Waals surface area contributed by atoms with Crippen LogP contribution in [-0.2, 0) is 36.9 Å². The van der Waals surface area contributed by atoms with Gasteiger partial charge in [0.1, 0.15) is 35.4 Å². The predicted octanol–water partition coefficient (Wildman–Crippen LogP) is 1.37. The first-order valence-electron chi connectivity index (χ1n) is 16.6. The van der Waals surface area contributed by atoms with Crippen molar-refractivity contribution in [2.45, 2.75) is 75.6 Å². The highest BCUT2D eigenvalue weighted by molar-refractivity contribution is 7.99. The average molecular weight is 713 g/mol. The maximum atomic E-state index is 12.7. The molecule has 12 nitrogen and oxygen atoms in total. The summed E-state index contributed by atoms with van der Waals surface area (Å²) in [4.78, 5) is 40.6. The standard InChI is InChI=1S/C37H52N4O8S/c1-8-17-41(6)30(43)22-40(5)18-16-38-36(47)37(3,4)39-29(42)15-19-48-23-26-12-10-25(11-13-26)20-28-21-27(14-9-24(28)2)34-32(45)31(44)33(46)35(49-34)50-7/h1,9-14,21,31-35,44-46H,15-20,22-23H2,2-7H3,(H,38,47)(H,39,42)/t31-,32-,33+,34+,35-/m1/s1. The summed E-state index contributed by atoms with van der Waals surface area (Å²) in [7, 11) is 3.42. The van der Waals surface area contributed by atoms with Crippen LogP contribution in [0.25, 0.3) is 0 Å². The summed E-state index contributed by atoms with van der Waals surface area (Å²) in [6, 6.07) is 13.8. The number of aliphatic hydroxyl groups excluding tert-OH is 3. The van der Waals surface area contributed by atoms with Crippen LogP contribution in [0.2, 0.25) is 0 Å². The first-order valence-corrected chi connectivity index (χ1v) is 17.9. The van der Waals surface area contributed by atoms with Gasteiger partial charge in [0.05, 0.1) is 32.7 Å². The maximum absolute atomic E-state index is 12.7. The molecule has 3 amide bonds. The molecule has 0 spiro atoms. The highest BCUT2D eigenvalue weighted by Gasteiger charge is 2.44. The Hall–Kier alpha value is -3.48. The molecule has 50 heavy (non-hydrogen) atoms. The molecule has 13 heteroatoms. The number of carbonyl (C=O) groups excluding carboxylic acids is 3. The van der Waals surface area contributed by atoms with Gasteiger partial charge in [-0.2, -0.15) is 0 Å². The Bertz CT molecular complexity index is 1480. The van der Waals surface area contributed by atoms with E-state index in [9.17, 15) is 29.7 Å². The van der Waals surface area contributed by atoms with E-state index in [0.29, 0.717) is 26.1 Å². The van der Waals surface area contributed by atoms with Gasteiger partial charge in [0.25, 0.3) is 0 Å². The first kappa shape index (κ1) is 40.9. The van der Waals surface area contributed by atoms with E-state index in [2.05, 4.69) is 16.6 Å². The van der Waals surface area contributed by atoms with Crippen molar-refractivity contribution in [3.8, 4) is 12.3 Å². The summed E-state index contributed by atoms with van der Waals surface area (Å²) in [6.07, 6.45) is 3.28. The SMILES string of the molecule is C#CCN(C)C(=O)CN(C)CCNC(=O)C(C)(C)NC(=O)CCOCc1ccc(Cc2cc([C@@H]3O[C@H](SC)[C@@H](O)[C@H](O)[C@H]3O)ccc2C)cc1. The second-order valence-electron chi connectivity index (χ2n) is 13.2. The molecule has 3 rings (SSSR count). The van der Waals surface area contributed by atoms with Crippen molar-refractivity contribution in [1.29, 1.82) is 0 Å².